The largest absolute Gasteiger partial charge is 0.322 e. The fourth-order valence-corrected chi connectivity index (χ4v) is 1.19. The van der Waals surface area contributed by atoms with Crippen LogP contribution in [0.25, 0.3) is 0 Å². The number of benzene rings is 1. The molecule has 0 saturated carbocycles. The van der Waals surface area contributed by atoms with Gasteiger partial charge in [0.05, 0.1) is 5.69 Å². The van der Waals surface area contributed by atoms with Gasteiger partial charge in [0.1, 0.15) is 23.4 Å². The van der Waals surface area contributed by atoms with Crippen molar-refractivity contribution in [3.8, 4) is 6.07 Å². The lowest BCUT2D eigenvalue weighted by Crippen LogP contribution is -2.00. The minimum absolute atomic E-state index is 0.0430. The first kappa shape index (κ1) is 11.0. The van der Waals surface area contributed by atoms with Crippen LogP contribution in [0.15, 0.2) is 30.5 Å². The zero-order valence-electron chi connectivity index (χ0n) is 8.48. The third kappa shape index (κ3) is 2.52. The normalized spacial score (nSPS) is 9.71. The van der Waals surface area contributed by atoms with E-state index in [2.05, 4.69) is 15.3 Å². The van der Waals surface area contributed by atoms with E-state index in [1.807, 2.05) is 6.07 Å². The molecule has 0 atom stereocenters. The lowest BCUT2D eigenvalue weighted by atomic mass is 10.3. The summed E-state index contributed by atoms with van der Waals surface area (Å²) in [6.45, 7) is 0. The highest BCUT2D eigenvalue weighted by Crippen LogP contribution is 2.18. The number of nitrogens with one attached hydrogen (secondary N) is 1. The average molecular weight is 232 g/mol. The van der Waals surface area contributed by atoms with E-state index in [-0.39, 0.29) is 17.3 Å². The predicted octanol–water partition coefficient (Wildman–Crippen LogP) is 2.37. The van der Waals surface area contributed by atoms with E-state index in [9.17, 15) is 8.78 Å². The molecule has 0 aliphatic heterocycles. The number of hydrogen-bond acceptors (Lipinski definition) is 4. The third-order valence-electron chi connectivity index (χ3n) is 1.95. The lowest BCUT2D eigenvalue weighted by molar-refractivity contribution is 0.586. The number of nitriles is 1. The summed E-state index contributed by atoms with van der Waals surface area (Å²) in [5, 5.41) is 11.2. The Hall–Kier alpha value is -2.55. The monoisotopic (exact) mass is 232 g/mol. The third-order valence-corrected chi connectivity index (χ3v) is 1.95. The molecule has 1 aromatic heterocycles. The SMILES string of the molecule is N#Cc1ccnc(Nc2ccc(F)cc2F)n1. The van der Waals surface area contributed by atoms with Crippen molar-refractivity contribution in [2.75, 3.05) is 5.32 Å². The Kier molecular flexibility index (Phi) is 2.92. The van der Waals surface area contributed by atoms with Crippen LogP contribution in [0.4, 0.5) is 20.4 Å². The summed E-state index contributed by atoms with van der Waals surface area (Å²) in [6, 6.07) is 6.34. The molecule has 2 aromatic rings. The average Bonchev–Trinajstić information content (AvgIpc) is 2.33. The maximum Gasteiger partial charge on any atom is 0.228 e. The van der Waals surface area contributed by atoms with Gasteiger partial charge in [0.15, 0.2) is 0 Å². The molecule has 2 rings (SSSR count). The van der Waals surface area contributed by atoms with E-state index in [1.54, 1.807) is 0 Å². The summed E-state index contributed by atoms with van der Waals surface area (Å²) in [4.78, 5) is 7.62. The molecule has 1 heterocycles. The number of aromatic nitrogens is 2. The summed E-state index contributed by atoms with van der Waals surface area (Å²) in [5.41, 5.74) is 0.200. The molecule has 0 unspecified atom stereocenters. The van der Waals surface area contributed by atoms with Gasteiger partial charge in [-0.25, -0.2) is 18.7 Å². The van der Waals surface area contributed by atoms with Gasteiger partial charge in [-0.2, -0.15) is 5.26 Å². The zero-order valence-corrected chi connectivity index (χ0v) is 8.48. The first-order chi connectivity index (χ1) is 8.19. The Labute approximate surface area is 95.6 Å². The number of hydrogen-bond donors (Lipinski definition) is 1. The summed E-state index contributed by atoms with van der Waals surface area (Å²) in [6.07, 6.45) is 1.37. The van der Waals surface area contributed by atoms with Crippen LogP contribution in [0.2, 0.25) is 0 Å². The zero-order chi connectivity index (χ0) is 12.3. The van der Waals surface area contributed by atoms with E-state index >= 15 is 0 Å². The van der Waals surface area contributed by atoms with Gasteiger partial charge in [-0.15, -0.1) is 0 Å². The Morgan fingerprint density at radius 1 is 1.24 bits per heavy atom. The highest BCUT2D eigenvalue weighted by molar-refractivity contribution is 5.54. The van der Waals surface area contributed by atoms with Gasteiger partial charge < -0.3 is 5.32 Å². The quantitative estimate of drug-likeness (QED) is 0.863. The van der Waals surface area contributed by atoms with Crippen LogP contribution < -0.4 is 5.32 Å². The second-order valence-electron chi connectivity index (χ2n) is 3.13. The maximum absolute atomic E-state index is 13.3. The van der Waals surface area contributed by atoms with Crippen LogP contribution in [0, 0.1) is 23.0 Å². The molecule has 0 aliphatic carbocycles. The maximum atomic E-state index is 13.3. The summed E-state index contributed by atoms with van der Waals surface area (Å²) in [5.74, 6) is -1.34. The number of anilines is 2. The number of rotatable bonds is 2. The van der Waals surface area contributed by atoms with E-state index < -0.39 is 11.6 Å². The molecule has 0 aliphatic rings. The molecular formula is C11H6F2N4. The molecule has 0 saturated heterocycles. The molecule has 17 heavy (non-hydrogen) atoms. The molecule has 1 N–H and O–H groups in total. The molecule has 6 heteroatoms. The van der Waals surface area contributed by atoms with Crippen molar-refractivity contribution in [2.24, 2.45) is 0 Å². The molecule has 4 nitrogen and oxygen atoms in total. The molecule has 0 amide bonds. The molecule has 0 spiro atoms. The summed E-state index contributed by atoms with van der Waals surface area (Å²) < 4.78 is 26.0. The highest BCUT2D eigenvalue weighted by Gasteiger charge is 2.05. The predicted molar refractivity (Wildman–Crippen MR) is 56.4 cm³/mol. The van der Waals surface area contributed by atoms with Gasteiger partial charge in [0.25, 0.3) is 0 Å². The standard InChI is InChI=1S/C11H6F2N4/c12-7-1-2-10(9(13)5-7)17-11-15-4-3-8(6-14)16-11/h1-5H,(H,15,16,17). The van der Waals surface area contributed by atoms with Gasteiger partial charge in [-0.3, -0.25) is 0 Å². The van der Waals surface area contributed by atoms with Gasteiger partial charge in [0, 0.05) is 12.3 Å². The topological polar surface area (TPSA) is 61.6 Å². The van der Waals surface area contributed by atoms with Gasteiger partial charge in [-0.1, -0.05) is 0 Å². The van der Waals surface area contributed by atoms with Crippen molar-refractivity contribution >= 4 is 11.6 Å². The van der Waals surface area contributed by atoms with Gasteiger partial charge in [-0.05, 0) is 18.2 Å². The van der Waals surface area contributed by atoms with Crippen LogP contribution in [0.5, 0.6) is 0 Å². The second-order valence-corrected chi connectivity index (χ2v) is 3.13. The number of nitrogens with zero attached hydrogens (tertiary/aromatic N) is 3. The Morgan fingerprint density at radius 2 is 2.06 bits per heavy atom. The number of halogens is 2. The van der Waals surface area contributed by atoms with Crippen molar-refractivity contribution in [3.63, 3.8) is 0 Å². The summed E-state index contributed by atoms with van der Waals surface area (Å²) >= 11 is 0. The van der Waals surface area contributed by atoms with Crippen molar-refractivity contribution in [1.82, 2.24) is 9.97 Å². The Balaban J connectivity index is 2.28. The van der Waals surface area contributed by atoms with Crippen LogP contribution in [0.3, 0.4) is 0 Å². The fourth-order valence-electron chi connectivity index (χ4n) is 1.19. The molecule has 0 bridgehead atoms. The molecule has 1 aromatic carbocycles. The fraction of sp³-hybridized carbons (Fsp3) is 0. The molecule has 84 valence electrons. The van der Waals surface area contributed by atoms with Crippen molar-refractivity contribution < 1.29 is 8.78 Å². The van der Waals surface area contributed by atoms with Crippen molar-refractivity contribution in [2.45, 2.75) is 0 Å². The molecule has 0 fully saturated rings. The molecule has 0 radical (unpaired) electrons. The van der Waals surface area contributed by atoms with Crippen molar-refractivity contribution in [1.29, 1.82) is 5.26 Å². The first-order valence-electron chi connectivity index (χ1n) is 4.64. The van der Waals surface area contributed by atoms with Gasteiger partial charge in [0.2, 0.25) is 5.95 Å². The Morgan fingerprint density at radius 3 is 2.76 bits per heavy atom. The minimum Gasteiger partial charge on any atom is -0.322 e. The van der Waals surface area contributed by atoms with Crippen LogP contribution >= 0.6 is 0 Å². The summed E-state index contributed by atoms with van der Waals surface area (Å²) in [7, 11) is 0. The minimum atomic E-state index is -0.754. The Bertz CT molecular complexity index is 592. The van der Waals surface area contributed by atoms with E-state index in [0.717, 1.165) is 12.1 Å². The highest BCUT2D eigenvalue weighted by atomic mass is 19.1. The molecular weight excluding hydrogens is 226 g/mol. The second kappa shape index (κ2) is 4.53. The van der Waals surface area contributed by atoms with E-state index in [1.165, 1.54) is 18.3 Å². The van der Waals surface area contributed by atoms with E-state index in [4.69, 9.17) is 5.26 Å². The van der Waals surface area contributed by atoms with Crippen LogP contribution in [-0.4, -0.2) is 9.97 Å². The van der Waals surface area contributed by atoms with Crippen LogP contribution in [0.1, 0.15) is 5.69 Å². The van der Waals surface area contributed by atoms with E-state index in [0.29, 0.717) is 0 Å². The smallest absolute Gasteiger partial charge is 0.228 e. The first-order valence-corrected chi connectivity index (χ1v) is 4.64. The van der Waals surface area contributed by atoms with Crippen molar-refractivity contribution in [3.05, 3.63) is 47.8 Å². The lowest BCUT2D eigenvalue weighted by Gasteiger charge is -2.05. The van der Waals surface area contributed by atoms with Crippen LogP contribution in [-0.2, 0) is 0 Å². The van der Waals surface area contributed by atoms with Gasteiger partial charge >= 0.3 is 0 Å².